The highest BCUT2D eigenvalue weighted by Crippen LogP contribution is 2.21. The summed E-state index contributed by atoms with van der Waals surface area (Å²) in [5.41, 5.74) is 6.60. The molecule has 0 atom stereocenters. The summed E-state index contributed by atoms with van der Waals surface area (Å²) in [5, 5.41) is 3.65. The summed E-state index contributed by atoms with van der Waals surface area (Å²) in [6, 6.07) is 9.49. The van der Waals surface area contributed by atoms with E-state index in [-0.39, 0.29) is 0 Å². The van der Waals surface area contributed by atoms with Crippen molar-refractivity contribution in [3.63, 3.8) is 0 Å². The van der Waals surface area contributed by atoms with Crippen molar-refractivity contribution in [3.05, 3.63) is 35.9 Å². The summed E-state index contributed by atoms with van der Waals surface area (Å²) < 4.78 is 26.1. The van der Waals surface area contributed by atoms with Gasteiger partial charge in [0.05, 0.1) is 18.6 Å². The first-order chi connectivity index (χ1) is 8.52. The van der Waals surface area contributed by atoms with Gasteiger partial charge in [-0.1, -0.05) is 18.2 Å². The Balaban J connectivity index is 2.25. The average Bonchev–Trinajstić information content (AvgIpc) is 2.36. The van der Waals surface area contributed by atoms with E-state index in [1.807, 2.05) is 37.3 Å². The maximum atomic E-state index is 13.1. The fourth-order valence-electron chi connectivity index (χ4n) is 1.69. The molecule has 0 bridgehead atoms. The molecule has 3 nitrogen and oxygen atoms in total. The van der Waals surface area contributed by atoms with Crippen LogP contribution in [0.4, 0.5) is 14.6 Å². The first-order valence-corrected chi connectivity index (χ1v) is 5.70. The molecule has 0 spiro atoms. The minimum absolute atomic E-state index is 0.474. The molecule has 0 saturated heterocycles. The monoisotopic (exact) mass is 251 g/mol. The van der Waals surface area contributed by atoms with E-state index in [4.69, 9.17) is 5.73 Å². The summed E-state index contributed by atoms with van der Waals surface area (Å²) in [6.45, 7) is 0.657. The Morgan fingerprint density at radius 2 is 2.06 bits per heavy atom. The number of fused-ring (bicyclic) bond motifs is 1. The van der Waals surface area contributed by atoms with E-state index in [0.29, 0.717) is 5.82 Å². The molecule has 5 heteroatoms. The zero-order chi connectivity index (χ0) is 13.2. The van der Waals surface area contributed by atoms with Crippen molar-refractivity contribution in [1.29, 1.82) is 0 Å². The van der Waals surface area contributed by atoms with Crippen LogP contribution in [0.5, 0.6) is 0 Å². The highest BCUT2D eigenvalue weighted by atomic mass is 19.3. The predicted molar refractivity (Wildman–Crippen MR) is 69.0 cm³/mol. The predicted octanol–water partition coefficient (Wildman–Crippen LogP) is 2.55. The standard InChI is InChI=1S/C13H15F2N3/c1-9-6-10-4-2-3-5-11(10)18-12(9)17-8-13(14,15)7-16/h2-6H,7-8,16H2,1H3,(H,17,18). The van der Waals surface area contributed by atoms with E-state index >= 15 is 0 Å². The summed E-state index contributed by atoms with van der Waals surface area (Å²) in [5.74, 6) is -2.44. The molecular formula is C13H15F2N3. The fourth-order valence-corrected chi connectivity index (χ4v) is 1.69. The largest absolute Gasteiger partial charge is 0.364 e. The van der Waals surface area contributed by atoms with E-state index < -0.39 is 19.0 Å². The number of halogens is 2. The Labute approximate surface area is 104 Å². The van der Waals surface area contributed by atoms with E-state index in [1.54, 1.807) is 0 Å². The highest BCUT2D eigenvalue weighted by molar-refractivity contribution is 5.81. The molecule has 1 heterocycles. The second kappa shape index (κ2) is 4.86. The lowest BCUT2D eigenvalue weighted by Crippen LogP contribution is -2.35. The van der Waals surface area contributed by atoms with Crippen LogP contribution in [0.2, 0.25) is 0 Å². The van der Waals surface area contributed by atoms with Gasteiger partial charge in [0, 0.05) is 5.39 Å². The van der Waals surface area contributed by atoms with Crippen LogP contribution >= 0.6 is 0 Å². The number of rotatable bonds is 4. The summed E-state index contributed by atoms with van der Waals surface area (Å²) >= 11 is 0. The molecule has 2 rings (SSSR count). The molecule has 0 aliphatic rings. The minimum atomic E-state index is -2.92. The summed E-state index contributed by atoms with van der Waals surface area (Å²) in [7, 11) is 0. The molecule has 0 fully saturated rings. The van der Waals surface area contributed by atoms with Crippen molar-refractivity contribution in [2.75, 3.05) is 18.4 Å². The SMILES string of the molecule is Cc1cc2ccccc2nc1NCC(F)(F)CN. The van der Waals surface area contributed by atoms with E-state index in [1.165, 1.54) is 0 Å². The number of nitrogens with zero attached hydrogens (tertiary/aromatic N) is 1. The van der Waals surface area contributed by atoms with Crippen molar-refractivity contribution in [3.8, 4) is 0 Å². The second-order valence-electron chi connectivity index (χ2n) is 4.26. The quantitative estimate of drug-likeness (QED) is 0.878. The number of aromatic nitrogens is 1. The Hall–Kier alpha value is -1.75. The molecule has 0 amide bonds. The number of aryl methyl sites for hydroxylation is 1. The van der Waals surface area contributed by atoms with Crippen molar-refractivity contribution in [2.24, 2.45) is 5.73 Å². The molecular weight excluding hydrogens is 236 g/mol. The molecule has 0 aliphatic carbocycles. The Bertz CT molecular complexity index is 555. The van der Waals surface area contributed by atoms with Crippen LogP contribution in [-0.4, -0.2) is 24.0 Å². The van der Waals surface area contributed by atoms with Crippen molar-refractivity contribution in [1.82, 2.24) is 4.98 Å². The number of hydrogen-bond acceptors (Lipinski definition) is 3. The first-order valence-electron chi connectivity index (χ1n) is 5.70. The molecule has 96 valence electrons. The van der Waals surface area contributed by atoms with Crippen molar-refractivity contribution < 1.29 is 8.78 Å². The zero-order valence-electron chi connectivity index (χ0n) is 10.1. The minimum Gasteiger partial charge on any atom is -0.364 e. The Kier molecular flexibility index (Phi) is 3.43. The lowest BCUT2D eigenvalue weighted by molar-refractivity contribution is 0.0253. The van der Waals surface area contributed by atoms with Crippen molar-refractivity contribution in [2.45, 2.75) is 12.8 Å². The van der Waals surface area contributed by atoms with Crippen LogP contribution in [0.25, 0.3) is 10.9 Å². The van der Waals surface area contributed by atoms with Gasteiger partial charge in [-0.3, -0.25) is 0 Å². The third-order valence-corrected chi connectivity index (χ3v) is 2.73. The van der Waals surface area contributed by atoms with Gasteiger partial charge in [0.15, 0.2) is 0 Å². The Morgan fingerprint density at radius 1 is 1.33 bits per heavy atom. The maximum absolute atomic E-state index is 13.1. The van der Waals surface area contributed by atoms with Gasteiger partial charge < -0.3 is 11.1 Å². The third kappa shape index (κ3) is 2.73. The van der Waals surface area contributed by atoms with Crippen LogP contribution in [0.15, 0.2) is 30.3 Å². The molecule has 2 aromatic rings. The molecule has 0 saturated carbocycles. The van der Waals surface area contributed by atoms with Crippen LogP contribution < -0.4 is 11.1 Å². The highest BCUT2D eigenvalue weighted by Gasteiger charge is 2.26. The summed E-state index contributed by atoms with van der Waals surface area (Å²) in [6.07, 6.45) is 0. The first kappa shape index (κ1) is 12.7. The number of nitrogens with one attached hydrogen (secondary N) is 1. The Morgan fingerprint density at radius 3 is 2.78 bits per heavy atom. The molecule has 1 aromatic carbocycles. The van der Waals surface area contributed by atoms with Gasteiger partial charge in [-0.2, -0.15) is 0 Å². The number of hydrogen-bond donors (Lipinski definition) is 2. The molecule has 3 N–H and O–H groups in total. The molecule has 0 unspecified atom stereocenters. The van der Waals surface area contributed by atoms with Crippen LogP contribution in [0.3, 0.4) is 0 Å². The van der Waals surface area contributed by atoms with E-state index in [0.717, 1.165) is 16.5 Å². The molecule has 0 radical (unpaired) electrons. The van der Waals surface area contributed by atoms with E-state index in [2.05, 4.69) is 10.3 Å². The van der Waals surface area contributed by atoms with Crippen LogP contribution in [0.1, 0.15) is 5.56 Å². The number of para-hydroxylation sites is 1. The van der Waals surface area contributed by atoms with Gasteiger partial charge in [-0.05, 0) is 24.6 Å². The lowest BCUT2D eigenvalue weighted by atomic mass is 10.1. The maximum Gasteiger partial charge on any atom is 0.276 e. The topological polar surface area (TPSA) is 50.9 Å². The van der Waals surface area contributed by atoms with Gasteiger partial charge in [0.2, 0.25) is 0 Å². The smallest absolute Gasteiger partial charge is 0.276 e. The molecule has 18 heavy (non-hydrogen) atoms. The van der Waals surface area contributed by atoms with Crippen molar-refractivity contribution >= 4 is 16.7 Å². The number of nitrogens with two attached hydrogens (primary N) is 1. The normalized spacial score (nSPS) is 11.8. The second-order valence-corrected chi connectivity index (χ2v) is 4.26. The number of alkyl halides is 2. The molecule has 0 aliphatic heterocycles. The number of anilines is 1. The summed E-state index contributed by atoms with van der Waals surface area (Å²) in [4.78, 5) is 4.33. The zero-order valence-corrected chi connectivity index (χ0v) is 10.1. The van der Waals surface area contributed by atoms with Gasteiger partial charge in [-0.15, -0.1) is 0 Å². The number of pyridine rings is 1. The van der Waals surface area contributed by atoms with Gasteiger partial charge in [-0.25, -0.2) is 13.8 Å². The average molecular weight is 251 g/mol. The lowest BCUT2D eigenvalue weighted by Gasteiger charge is -2.16. The fraction of sp³-hybridized carbons (Fsp3) is 0.308. The molecule has 1 aromatic heterocycles. The van der Waals surface area contributed by atoms with Gasteiger partial charge >= 0.3 is 0 Å². The van der Waals surface area contributed by atoms with Crippen LogP contribution in [-0.2, 0) is 0 Å². The van der Waals surface area contributed by atoms with Gasteiger partial charge in [0.25, 0.3) is 5.92 Å². The van der Waals surface area contributed by atoms with Gasteiger partial charge in [0.1, 0.15) is 5.82 Å². The number of benzene rings is 1. The third-order valence-electron chi connectivity index (χ3n) is 2.73. The van der Waals surface area contributed by atoms with E-state index in [9.17, 15) is 8.78 Å². The van der Waals surface area contributed by atoms with Crippen LogP contribution in [0, 0.1) is 6.92 Å².